The summed E-state index contributed by atoms with van der Waals surface area (Å²) < 4.78 is 49.2. The Morgan fingerprint density at radius 2 is 0.759 bits per heavy atom. The second-order valence-electron chi connectivity index (χ2n) is 7.74. The van der Waals surface area contributed by atoms with E-state index in [9.17, 15) is 16.8 Å². The van der Waals surface area contributed by atoms with Crippen LogP contribution in [0.2, 0.25) is 0 Å². The summed E-state index contributed by atoms with van der Waals surface area (Å²) in [5.74, 6) is 0.371. The number of rotatable bonds is 12. The van der Waals surface area contributed by atoms with Crippen molar-refractivity contribution in [3.05, 3.63) is 59.7 Å². The molecule has 0 atom stereocenters. The molecule has 2 rings (SSSR count). The van der Waals surface area contributed by atoms with E-state index in [0.717, 1.165) is 43.2 Å². The molecule has 0 bridgehead atoms. The molecule has 0 saturated carbocycles. The summed E-state index contributed by atoms with van der Waals surface area (Å²) >= 11 is 0. The predicted molar refractivity (Wildman–Crippen MR) is 119 cm³/mol. The van der Waals surface area contributed by atoms with Gasteiger partial charge in [0, 0.05) is 0 Å². The Bertz CT molecular complexity index is 877. The molecule has 0 spiro atoms. The zero-order chi connectivity index (χ0) is 21.3. The molecule has 160 valence electrons. The first-order valence-corrected chi connectivity index (χ1v) is 13.6. The van der Waals surface area contributed by atoms with Gasteiger partial charge in [-0.2, -0.15) is 0 Å². The van der Waals surface area contributed by atoms with Crippen LogP contribution < -0.4 is 0 Å². The molecule has 0 radical (unpaired) electrons. The van der Waals surface area contributed by atoms with Crippen molar-refractivity contribution < 1.29 is 16.8 Å². The minimum Gasteiger partial charge on any atom is -0.224 e. The molecule has 0 aliphatic carbocycles. The molecule has 0 aromatic heterocycles. The standard InChI is InChI=1S/C23H32O4S2/c1-20-10-14-22(15-11-20)28(24,25)18-8-6-4-3-5-7-9-19-29(26,27)23-16-12-21(2)13-17-23/h10-17H,3-9,18-19H2,1-2H3. The first kappa shape index (κ1) is 23.6. The second-order valence-corrected chi connectivity index (χ2v) is 12.0. The molecule has 4 nitrogen and oxygen atoms in total. The van der Waals surface area contributed by atoms with Gasteiger partial charge in [0.05, 0.1) is 21.3 Å². The van der Waals surface area contributed by atoms with Crippen molar-refractivity contribution in [1.29, 1.82) is 0 Å². The molecule has 0 aliphatic rings. The van der Waals surface area contributed by atoms with E-state index in [-0.39, 0.29) is 11.5 Å². The maximum atomic E-state index is 12.3. The van der Waals surface area contributed by atoms with E-state index >= 15 is 0 Å². The first-order chi connectivity index (χ1) is 13.7. The molecular weight excluding hydrogens is 404 g/mol. The average Bonchev–Trinajstić information content (AvgIpc) is 2.67. The van der Waals surface area contributed by atoms with Crippen LogP contribution in [0.3, 0.4) is 0 Å². The van der Waals surface area contributed by atoms with Crippen molar-refractivity contribution in [2.45, 2.75) is 68.6 Å². The summed E-state index contributed by atoms with van der Waals surface area (Å²) in [6.07, 6.45) is 6.06. The molecule has 0 amide bonds. The van der Waals surface area contributed by atoms with Crippen molar-refractivity contribution in [2.75, 3.05) is 11.5 Å². The molecule has 0 unspecified atom stereocenters. The summed E-state index contributed by atoms with van der Waals surface area (Å²) in [6.45, 7) is 3.88. The highest BCUT2D eigenvalue weighted by molar-refractivity contribution is 7.91. The molecule has 0 saturated heterocycles. The quantitative estimate of drug-likeness (QED) is 0.424. The summed E-state index contributed by atoms with van der Waals surface area (Å²) in [4.78, 5) is 0.802. The van der Waals surface area contributed by atoms with Gasteiger partial charge in [0.1, 0.15) is 0 Å². The number of benzene rings is 2. The van der Waals surface area contributed by atoms with Crippen LogP contribution in [0.5, 0.6) is 0 Å². The van der Waals surface area contributed by atoms with Gasteiger partial charge >= 0.3 is 0 Å². The number of sulfone groups is 2. The Morgan fingerprint density at radius 3 is 1.07 bits per heavy atom. The van der Waals surface area contributed by atoms with E-state index in [1.165, 1.54) is 0 Å². The van der Waals surface area contributed by atoms with Crippen molar-refractivity contribution in [1.82, 2.24) is 0 Å². The third-order valence-electron chi connectivity index (χ3n) is 5.09. The summed E-state index contributed by atoms with van der Waals surface area (Å²) in [6, 6.07) is 14.0. The molecule has 2 aromatic rings. The van der Waals surface area contributed by atoms with Crippen molar-refractivity contribution in [3.63, 3.8) is 0 Å². The molecule has 0 fully saturated rings. The van der Waals surface area contributed by atoms with Gasteiger partial charge in [-0.25, -0.2) is 16.8 Å². The lowest BCUT2D eigenvalue weighted by molar-refractivity contribution is 0.573. The fraction of sp³-hybridized carbons (Fsp3) is 0.478. The van der Waals surface area contributed by atoms with Gasteiger partial charge < -0.3 is 0 Å². The zero-order valence-corrected chi connectivity index (χ0v) is 19.1. The smallest absolute Gasteiger partial charge is 0.178 e. The summed E-state index contributed by atoms with van der Waals surface area (Å²) in [7, 11) is -6.38. The summed E-state index contributed by atoms with van der Waals surface area (Å²) in [5.41, 5.74) is 2.10. The SMILES string of the molecule is Cc1ccc(S(=O)(=O)CCCCCCCCCS(=O)(=O)c2ccc(C)cc2)cc1. The van der Waals surface area contributed by atoms with Crippen LogP contribution in [-0.2, 0) is 19.7 Å². The monoisotopic (exact) mass is 436 g/mol. The average molecular weight is 437 g/mol. The van der Waals surface area contributed by atoms with Gasteiger partial charge in [0.25, 0.3) is 0 Å². The Balaban J connectivity index is 1.58. The number of aryl methyl sites for hydroxylation is 2. The van der Waals surface area contributed by atoms with E-state index in [2.05, 4.69) is 0 Å². The highest BCUT2D eigenvalue weighted by Gasteiger charge is 2.14. The Hall–Kier alpha value is -1.66. The predicted octanol–water partition coefficient (Wildman–Crippen LogP) is 5.28. The lowest BCUT2D eigenvalue weighted by Gasteiger charge is -2.06. The van der Waals surface area contributed by atoms with Crippen LogP contribution in [0.15, 0.2) is 58.3 Å². The molecular formula is C23H32O4S2. The van der Waals surface area contributed by atoms with Crippen LogP contribution in [0.4, 0.5) is 0 Å². The van der Waals surface area contributed by atoms with Crippen molar-refractivity contribution in [2.24, 2.45) is 0 Å². The topological polar surface area (TPSA) is 68.3 Å². The molecule has 0 aliphatic heterocycles. The lowest BCUT2D eigenvalue weighted by Crippen LogP contribution is -2.07. The van der Waals surface area contributed by atoms with Gasteiger partial charge in [-0.3, -0.25) is 0 Å². The highest BCUT2D eigenvalue weighted by Crippen LogP contribution is 2.17. The van der Waals surface area contributed by atoms with Crippen LogP contribution in [0.1, 0.15) is 56.1 Å². The first-order valence-electron chi connectivity index (χ1n) is 10.3. The van der Waals surface area contributed by atoms with Crippen LogP contribution in [0, 0.1) is 13.8 Å². The fourth-order valence-corrected chi connectivity index (χ4v) is 5.94. The third kappa shape index (κ3) is 7.94. The summed E-state index contributed by atoms with van der Waals surface area (Å²) in [5, 5.41) is 0. The van der Waals surface area contributed by atoms with E-state index in [1.807, 2.05) is 38.1 Å². The molecule has 0 heterocycles. The fourth-order valence-electron chi connectivity index (χ4n) is 3.19. The maximum Gasteiger partial charge on any atom is 0.178 e. The number of unbranched alkanes of at least 4 members (excludes halogenated alkanes) is 6. The highest BCUT2D eigenvalue weighted by atomic mass is 32.2. The molecule has 0 N–H and O–H groups in total. The largest absolute Gasteiger partial charge is 0.224 e. The maximum absolute atomic E-state index is 12.3. The normalized spacial score (nSPS) is 12.2. The van der Waals surface area contributed by atoms with Gasteiger partial charge in [-0.1, -0.05) is 67.5 Å². The van der Waals surface area contributed by atoms with Crippen LogP contribution in [-0.4, -0.2) is 28.3 Å². The Kier molecular flexibility index (Phi) is 8.90. The van der Waals surface area contributed by atoms with Gasteiger partial charge in [0.15, 0.2) is 19.7 Å². The van der Waals surface area contributed by atoms with E-state index in [0.29, 0.717) is 22.6 Å². The second kappa shape index (κ2) is 10.9. The number of hydrogen-bond acceptors (Lipinski definition) is 4. The molecule has 2 aromatic carbocycles. The zero-order valence-electron chi connectivity index (χ0n) is 17.4. The molecule has 6 heteroatoms. The van der Waals surface area contributed by atoms with Crippen molar-refractivity contribution in [3.8, 4) is 0 Å². The minimum atomic E-state index is -3.19. The van der Waals surface area contributed by atoms with Crippen LogP contribution in [0.25, 0.3) is 0 Å². The van der Waals surface area contributed by atoms with E-state index < -0.39 is 19.7 Å². The van der Waals surface area contributed by atoms with Crippen molar-refractivity contribution >= 4 is 19.7 Å². The Labute approximate surface area is 176 Å². The minimum absolute atomic E-state index is 0.185. The molecule has 29 heavy (non-hydrogen) atoms. The third-order valence-corrected chi connectivity index (χ3v) is 8.72. The van der Waals surface area contributed by atoms with Gasteiger partial charge in [-0.05, 0) is 51.0 Å². The Morgan fingerprint density at radius 1 is 0.483 bits per heavy atom. The van der Waals surface area contributed by atoms with E-state index in [1.54, 1.807) is 24.3 Å². The van der Waals surface area contributed by atoms with E-state index in [4.69, 9.17) is 0 Å². The van der Waals surface area contributed by atoms with Crippen LogP contribution >= 0.6 is 0 Å². The van der Waals surface area contributed by atoms with Gasteiger partial charge in [0.2, 0.25) is 0 Å². The number of hydrogen-bond donors (Lipinski definition) is 0. The van der Waals surface area contributed by atoms with Gasteiger partial charge in [-0.15, -0.1) is 0 Å². The lowest BCUT2D eigenvalue weighted by atomic mass is 10.1.